The molecule has 0 radical (unpaired) electrons. The Hall–Kier alpha value is -0.570. The van der Waals surface area contributed by atoms with Crippen LogP contribution in [0.25, 0.3) is 0 Å². The van der Waals surface area contributed by atoms with E-state index < -0.39 is 5.60 Å². The SMILES string of the molecule is CC(C)(C)OC(=O)[C@@H]1C[C@@H](N)C1(C)C. The maximum atomic E-state index is 11.7. The van der Waals surface area contributed by atoms with Gasteiger partial charge in [0.2, 0.25) is 0 Å². The zero-order valence-corrected chi connectivity index (χ0v) is 9.76. The molecule has 1 aliphatic rings. The average molecular weight is 199 g/mol. The van der Waals surface area contributed by atoms with Gasteiger partial charge in [-0.25, -0.2) is 0 Å². The fourth-order valence-electron chi connectivity index (χ4n) is 1.73. The minimum atomic E-state index is -0.396. The third-order valence-corrected chi connectivity index (χ3v) is 3.03. The first-order chi connectivity index (χ1) is 6.14. The van der Waals surface area contributed by atoms with E-state index in [1.165, 1.54) is 0 Å². The summed E-state index contributed by atoms with van der Waals surface area (Å²) in [6, 6.07) is 0.125. The average Bonchev–Trinajstić information content (AvgIpc) is 1.96. The Morgan fingerprint density at radius 3 is 2.21 bits per heavy atom. The lowest BCUT2D eigenvalue weighted by Crippen LogP contribution is -2.58. The van der Waals surface area contributed by atoms with Crippen molar-refractivity contribution in [2.45, 2.75) is 52.7 Å². The molecular formula is C11H21NO2. The standard InChI is InChI=1S/C11H21NO2/c1-10(2,3)14-9(13)7-6-8(12)11(7,4)5/h7-8H,6,12H2,1-5H3/t7-,8+/m0/s1. The van der Waals surface area contributed by atoms with E-state index in [0.717, 1.165) is 6.42 Å². The molecule has 1 aliphatic carbocycles. The number of carbonyl (C=O) groups is 1. The summed E-state index contributed by atoms with van der Waals surface area (Å²) in [6.45, 7) is 9.70. The van der Waals surface area contributed by atoms with E-state index in [4.69, 9.17) is 10.5 Å². The Bertz CT molecular complexity index is 240. The van der Waals surface area contributed by atoms with Crippen LogP contribution in [0.15, 0.2) is 0 Å². The summed E-state index contributed by atoms with van der Waals surface area (Å²) in [5, 5.41) is 0. The zero-order chi connectivity index (χ0) is 11.1. The van der Waals surface area contributed by atoms with Crippen LogP contribution < -0.4 is 5.73 Å². The molecule has 14 heavy (non-hydrogen) atoms. The Morgan fingerprint density at radius 2 is 1.93 bits per heavy atom. The summed E-state index contributed by atoms with van der Waals surface area (Å²) in [5.41, 5.74) is 5.34. The van der Waals surface area contributed by atoms with Crippen molar-refractivity contribution in [3.63, 3.8) is 0 Å². The largest absolute Gasteiger partial charge is 0.460 e. The molecule has 0 aliphatic heterocycles. The first kappa shape index (κ1) is 11.5. The normalized spacial score (nSPS) is 30.7. The summed E-state index contributed by atoms with van der Waals surface area (Å²) >= 11 is 0. The molecule has 0 amide bonds. The molecule has 2 atom stereocenters. The van der Waals surface area contributed by atoms with Crippen molar-refractivity contribution in [2.75, 3.05) is 0 Å². The fourth-order valence-corrected chi connectivity index (χ4v) is 1.73. The van der Waals surface area contributed by atoms with Crippen LogP contribution in [0.4, 0.5) is 0 Å². The van der Waals surface area contributed by atoms with E-state index >= 15 is 0 Å². The summed E-state index contributed by atoms with van der Waals surface area (Å²) in [6.07, 6.45) is 0.752. The zero-order valence-electron chi connectivity index (χ0n) is 9.76. The van der Waals surface area contributed by atoms with Gasteiger partial charge in [0.15, 0.2) is 0 Å². The fraction of sp³-hybridized carbons (Fsp3) is 0.909. The molecule has 1 fully saturated rings. The topological polar surface area (TPSA) is 52.3 Å². The molecule has 0 aromatic rings. The van der Waals surface area contributed by atoms with Crippen LogP contribution in [0.2, 0.25) is 0 Å². The lowest BCUT2D eigenvalue weighted by atomic mass is 9.59. The van der Waals surface area contributed by atoms with Gasteiger partial charge in [-0.05, 0) is 32.6 Å². The van der Waals surface area contributed by atoms with Crippen LogP contribution >= 0.6 is 0 Å². The van der Waals surface area contributed by atoms with Crippen molar-refractivity contribution in [1.29, 1.82) is 0 Å². The second kappa shape index (κ2) is 3.23. The molecular weight excluding hydrogens is 178 g/mol. The Morgan fingerprint density at radius 1 is 1.43 bits per heavy atom. The summed E-state index contributed by atoms with van der Waals surface area (Å²) in [5.74, 6) is -0.138. The van der Waals surface area contributed by atoms with Crippen molar-refractivity contribution < 1.29 is 9.53 Å². The number of carbonyl (C=O) groups excluding carboxylic acids is 1. The Labute approximate surface area is 86.0 Å². The second-order valence-corrected chi connectivity index (χ2v) is 5.75. The van der Waals surface area contributed by atoms with E-state index in [2.05, 4.69) is 0 Å². The van der Waals surface area contributed by atoms with Crippen LogP contribution in [0.5, 0.6) is 0 Å². The quantitative estimate of drug-likeness (QED) is 0.654. The molecule has 0 unspecified atom stereocenters. The highest BCUT2D eigenvalue weighted by molar-refractivity contribution is 5.75. The van der Waals surface area contributed by atoms with Crippen molar-refractivity contribution in [2.24, 2.45) is 17.1 Å². The van der Waals surface area contributed by atoms with Crippen LogP contribution in [-0.2, 0) is 9.53 Å². The molecule has 0 aromatic carbocycles. The van der Waals surface area contributed by atoms with E-state index in [-0.39, 0.29) is 23.3 Å². The van der Waals surface area contributed by atoms with Gasteiger partial charge >= 0.3 is 5.97 Å². The van der Waals surface area contributed by atoms with E-state index in [1.807, 2.05) is 34.6 Å². The van der Waals surface area contributed by atoms with Crippen LogP contribution in [0.3, 0.4) is 0 Å². The van der Waals surface area contributed by atoms with Gasteiger partial charge in [0, 0.05) is 6.04 Å². The van der Waals surface area contributed by atoms with E-state index in [1.54, 1.807) is 0 Å². The van der Waals surface area contributed by atoms with Crippen LogP contribution in [0, 0.1) is 11.3 Å². The number of esters is 1. The minimum absolute atomic E-state index is 0.0308. The number of rotatable bonds is 1. The molecule has 82 valence electrons. The van der Waals surface area contributed by atoms with Crippen molar-refractivity contribution >= 4 is 5.97 Å². The Kier molecular flexibility index (Phi) is 2.65. The molecule has 2 N–H and O–H groups in total. The summed E-state index contributed by atoms with van der Waals surface area (Å²) < 4.78 is 5.33. The molecule has 3 heteroatoms. The van der Waals surface area contributed by atoms with Crippen LogP contribution in [0.1, 0.15) is 41.0 Å². The molecule has 0 aromatic heterocycles. The lowest BCUT2D eigenvalue weighted by Gasteiger charge is -2.49. The van der Waals surface area contributed by atoms with E-state index in [0.29, 0.717) is 0 Å². The number of nitrogens with two attached hydrogens (primary N) is 1. The Balaban J connectivity index is 2.57. The van der Waals surface area contributed by atoms with Gasteiger partial charge in [-0.15, -0.1) is 0 Å². The van der Waals surface area contributed by atoms with Gasteiger partial charge in [-0.1, -0.05) is 13.8 Å². The van der Waals surface area contributed by atoms with Gasteiger partial charge in [0.1, 0.15) is 5.60 Å². The van der Waals surface area contributed by atoms with Gasteiger partial charge in [0.25, 0.3) is 0 Å². The predicted molar refractivity (Wildman–Crippen MR) is 55.7 cm³/mol. The molecule has 1 saturated carbocycles. The monoisotopic (exact) mass is 199 g/mol. The minimum Gasteiger partial charge on any atom is -0.460 e. The molecule has 0 spiro atoms. The predicted octanol–water partition coefficient (Wildman–Crippen LogP) is 1.70. The third-order valence-electron chi connectivity index (χ3n) is 3.03. The number of hydrogen-bond donors (Lipinski definition) is 1. The van der Waals surface area contributed by atoms with Crippen LogP contribution in [-0.4, -0.2) is 17.6 Å². The van der Waals surface area contributed by atoms with Gasteiger partial charge in [0.05, 0.1) is 5.92 Å². The maximum absolute atomic E-state index is 11.7. The molecule has 1 rings (SSSR count). The van der Waals surface area contributed by atoms with Gasteiger partial charge < -0.3 is 10.5 Å². The van der Waals surface area contributed by atoms with Crippen molar-refractivity contribution in [1.82, 2.24) is 0 Å². The molecule has 3 nitrogen and oxygen atoms in total. The number of hydrogen-bond acceptors (Lipinski definition) is 3. The highest BCUT2D eigenvalue weighted by atomic mass is 16.6. The molecule has 0 saturated heterocycles. The van der Waals surface area contributed by atoms with Gasteiger partial charge in [-0.2, -0.15) is 0 Å². The second-order valence-electron chi connectivity index (χ2n) is 5.75. The number of ether oxygens (including phenoxy) is 1. The van der Waals surface area contributed by atoms with Crippen molar-refractivity contribution in [3.05, 3.63) is 0 Å². The molecule has 0 bridgehead atoms. The summed E-state index contributed by atoms with van der Waals surface area (Å²) in [7, 11) is 0. The van der Waals surface area contributed by atoms with Gasteiger partial charge in [-0.3, -0.25) is 4.79 Å². The first-order valence-electron chi connectivity index (χ1n) is 5.13. The summed E-state index contributed by atoms with van der Waals surface area (Å²) in [4.78, 5) is 11.7. The smallest absolute Gasteiger partial charge is 0.310 e. The maximum Gasteiger partial charge on any atom is 0.310 e. The lowest BCUT2D eigenvalue weighted by molar-refractivity contribution is -0.172. The van der Waals surface area contributed by atoms with E-state index in [9.17, 15) is 4.79 Å². The third kappa shape index (κ3) is 2.08. The van der Waals surface area contributed by atoms with Crippen molar-refractivity contribution in [3.8, 4) is 0 Å². The highest BCUT2D eigenvalue weighted by Gasteiger charge is 2.51. The first-order valence-corrected chi connectivity index (χ1v) is 5.13. The highest BCUT2D eigenvalue weighted by Crippen LogP contribution is 2.45. The molecule has 0 heterocycles.